The number of benzene rings is 3. The third-order valence-corrected chi connectivity index (χ3v) is 5.85. The van der Waals surface area contributed by atoms with Crippen LogP contribution in [0.25, 0.3) is 0 Å². The summed E-state index contributed by atoms with van der Waals surface area (Å²) >= 11 is 0. The van der Waals surface area contributed by atoms with E-state index in [1.54, 1.807) is 61.7 Å². The van der Waals surface area contributed by atoms with Crippen molar-refractivity contribution in [3.05, 3.63) is 120 Å². The number of amides is 1. The Morgan fingerprint density at radius 1 is 0.854 bits per heavy atom. The second kappa shape index (κ2) is 14.1. The van der Waals surface area contributed by atoms with Crippen molar-refractivity contribution in [2.75, 3.05) is 19.5 Å². The van der Waals surface area contributed by atoms with Gasteiger partial charge in [0.15, 0.2) is 11.5 Å². The highest BCUT2D eigenvalue weighted by Gasteiger charge is 2.26. The zero-order valence-electron chi connectivity index (χ0n) is 22.7. The van der Waals surface area contributed by atoms with E-state index in [4.69, 9.17) is 14.2 Å². The van der Waals surface area contributed by atoms with Crippen molar-refractivity contribution in [2.24, 2.45) is 0 Å². The summed E-state index contributed by atoms with van der Waals surface area (Å²) in [5.74, 6) is -0.745. The van der Waals surface area contributed by atoms with E-state index >= 15 is 0 Å². The standard InChI is InChI=1S/C17H16O4.C15H13NO4/c1-4-13(11-5-7-12(20-2)8-6-11)14-9-16(19)17(21-3)10-15(14)18;1-10(17)16-11-6-8-12(9-7-11)20-15(19)13-4-2-3-5-14(13)18/h4-10,13H,1H2,2-3H3;2-9,18H,1H3,(H,16,17). The van der Waals surface area contributed by atoms with Gasteiger partial charge in [0.1, 0.15) is 22.8 Å². The first-order valence-corrected chi connectivity index (χ1v) is 12.4. The smallest absolute Gasteiger partial charge is 0.347 e. The number of allylic oxidation sites excluding steroid dienone is 4. The number of esters is 1. The molecular weight excluding hydrogens is 526 g/mol. The highest BCUT2D eigenvalue weighted by Crippen LogP contribution is 2.30. The van der Waals surface area contributed by atoms with Crippen LogP contribution < -0.4 is 14.8 Å². The molecule has 1 unspecified atom stereocenters. The minimum Gasteiger partial charge on any atom is -0.507 e. The van der Waals surface area contributed by atoms with Crippen molar-refractivity contribution in [3.63, 3.8) is 0 Å². The van der Waals surface area contributed by atoms with Crippen molar-refractivity contribution in [3.8, 4) is 17.2 Å². The van der Waals surface area contributed by atoms with Crippen LogP contribution in [0.15, 0.2) is 109 Å². The lowest BCUT2D eigenvalue weighted by atomic mass is 9.85. The van der Waals surface area contributed by atoms with Gasteiger partial charge in [0.05, 0.1) is 14.2 Å². The minimum absolute atomic E-state index is 0.0568. The van der Waals surface area contributed by atoms with Crippen LogP contribution in [0, 0.1) is 0 Å². The molecule has 0 aliphatic heterocycles. The van der Waals surface area contributed by atoms with Crippen LogP contribution in [0.2, 0.25) is 0 Å². The van der Waals surface area contributed by atoms with E-state index in [9.17, 15) is 24.3 Å². The average Bonchev–Trinajstić information content (AvgIpc) is 2.96. The third-order valence-electron chi connectivity index (χ3n) is 5.85. The van der Waals surface area contributed by atoms with Gasteiger partial charge in [0.2, 0.25) is 11.7 Å². The molecule has 0 saturated heterocycles. The lowest BCUT2D eigenvalue weighted by Crippen LogP contribution is -2.18. The Labute approximate surface area is 237 Å². The minimum atomic E-state index is -0.643. The van der Waals surface area contributed by atoms with E-state index < -0.39 is 5.97 Å². The number of phenols is 1. The fourth-order valence-electron chi connectivity index (χ4n) is 3.83. The topological polar surface area (TPSA) is 128 Å². The van der Waals surface area contributed by atoms with E-state index in [-0.39, 0.29) is 40.5 Å². The molecule has 0 bridgehead atoms. The average molecular weight is 556 g/mol. The Bertz CT molecular complexity index is 1500. The molecule has 9 heteroatoms. The van der Waals surface area contributed by atoms with Crippen molar-refractivity contribution < 1.29 is 38.5 Å². The molecule has 41 heavy (non-hydrogen) atoms. The largest absolute Gasteiger partial charge is 0.507 e. The summed E-state index contributed by atoms with van der Waals surface area (Å²) in [5, 5.41) is 12.2. The molecule has 0 aromatic heterocycles. The Morgan fingerprint density at radius 3 is 2.05 bits per heavy atom. The highest BCUT2D eigenvalue weighted by molar-refractivity contribution is 6.19. The summed E-state index contributed by atoms with van der Waals surface area (Å²) in [6, 6.07) is 19.8. The fraction of sp³-hybridized carbons (Fsp3) is 0.125. The third kappa shape index (κ3) is 8.03. The first kappa shape index (κ1) is 30.1. The maximum Gasteiger partial charge on any atom is 0.347 e. The predicted octanol–water partition coefficient (Wildman–Crippen LogP) is 5.14. The van der Waals surface area contributed by atoms with Gasteiger partial charge >= 0.3 is 5.97 Å². The summed E-state index contributed by atoms with van der Waals surface area (Å²) in [7, 11) is 2.95. The van der Waals surface area contributed by atoms with Crippen molar-refractivity contribution in [1.29, 1.82) is 0 Å². The molecule has 0 spiro atoms. The Kier molecular flexibility index (Phi) is 10.3. The first-order chi connectivity index (χ1) is 19.7. The summed E-state index contributed by atoms with van der Waals surface area (Å²) in [6.07, 6.45) is 4.18. The van der Waals surface area contributed by atoms with Crippen molar-refractivity contribution >= 4 is 29.1 Å². The number of carbonyl (C=O) groups is 4. The molecule has 1 atom stereocenters. The molecule has 9 nitrogen and oxygen atoms in total. The molecule has 0 heterocycles. The number of phenolic OH excluding ortho intramolecular Hbond substituents is 1. The number of aromatic hydroxyl groups is 1. The number of hydrogen-bond acceptors (Lipinski definition) is 8. The van der Waals surface area contributed by atoms with Gasteiger partial charge in [-0.3, -0.25) is 14.4 Å². The molecule has 0 fully saturated rings. The summed E-state index contributed by atoms with van der Waals surface area (Å²) in [5.41, 5.74) is 1.96. The second-order valence-electron chi connectivity index (χ2n) is 8.64. The van der Waals surface area contributed by atoms with Crippen LogP contribution in [0.4, 0.5) is 5.69 Å². The molecule has 1 amide bonds. The maximum absolute atomic E-state index is 12.2. The van der Waals surface area contributed by atoms with E-state index in [2.05, 4.69) is 11.9 Å². The number of hydrogen-bond donors (Lipinski definition) is 2. The van der Waals surface area contributed by atoms with Gasteiger partial charge in [0.25, 0.3) is 0 Å². The Hall–Kier alpha value is -5.44. The van der Waals surface area contributed by atoms with Crippen molar-refractivity contribution in [1.82, 2.24) is 0 Å². The van der Waals surface area contributed by atoms with Crippen molar-refractivity contribution in [2.45, 2.75) is 12.8 Å². The van der Waals surface area contributed by atoms with Crippen LogP contribution in [0.1, 0.15) is 28.8 Å². The van der Waals surface area contributed by atoms with Gasteiger partial charge < -0.3 is 24.6 Å². The molecule has 4 rings (SSSR count). The van der Waals surface area contributed by atoms with Gasteiger partial charge in [-0.2, -0.15) is 0 Å². The number of anilines is 1. The predicted molar refractivity (Wildman–Crippen MR) is 153 cm³/mol. The number of carbonyl (C=O) groups excluding carboxylic acids is 4. The normalized spacial score (nSPS) is 13.0. The van der Waals surface area contributed by atoms with Gasteiger partial charge in [-0.25, -0.2) is 4.79 Å². The van der Waals surface area contributed by atoms with E-state index in [1.165, 1.54) is 38.3 Å². The fourth-order valence-corrected chi connectivity index (χ4v) is 3.83. The lowest BCUT2D eigenvalue weighted by Gasteiger charge is -2.18. The molecule has 0 saturated carbocycles. The first-order valence-electron chi connectivity index (χ1n) is 12.4. The molecule has 3 aromatic rings. The maximum atomic E-state index is 12.2. The van der Waals surface area contributed by atoms with Crippen LogP contribution >= 0.6 is 0 Å². The number of nitrogens with one attached hydrogen (secondary N) is 1. The van der Waals surface area contributed by atoms with Crippen LogP contribution in [0.3, 0.4) is 0 Å². The molecule has 2 N–H and O–H groups in total. The molecule has 0 radical (unpaired) electrons. The van der Waals surface area contributed by atoms with E-state index in [1.807, 2.05) is 12.1 Å². The number of ketones is 2. The van der Waals surface area contributed by atoms with E-state index in [0.29, 0.717) is 17.0 Å². The van der Waals surface area contributed by atoms with E-state index in [0.717, 1.165) is 11.3 Å². The van der Waals surface area contributed by atoms with Crippen LogP contribution in [0.5, 0.6) is 17.2 Å². The zero-order chi connectivity index (χ0) is 29.9. The number of rotatable bonds is 8. The number of para-hydroxylation sites is 1. The van der Waals surface area contributed by atoms with Gasteiger partial charge in [0, 0.05) is 30.2 Å². The SMILES string of the molecule is C=CC(C1=CC(=O)C(OC)=CC1=O)c1ccc(OC)cc1.CC(=O)Nc1ccc(OC(=O)c2ccccc2O)cc1. The molecule has 1 aliphatic rings. The monoisotopic (exact) mass is 555 g/mol. The molecule has 1 aliphatic carbocycles. The molecular formula is C32H29NO8. The van der Waals surface area contributed by atoms with Gasteiger partial charge in [-0.1, -0.05) is 30.3 Å². The number of ether oxygens (including phenoxy) is 3. The number of methoxy groups -OCH3 is 2. The Morgan fingerprint density at radius 2 is 1.49 bits per heavy atom. The quantitative estimate of drug-likeness (QED) is 0.169. The summed E-state index contributed by atoms with van der Waals surface area (Å²) in [4.78, 5) is 46.7. The summed E-state index contributed by atoms with van der Waals surface area (Å²) < 4.78 is 15.1. The zero-order valence-corrected chi connectivity index (χ0v) is 22.7. The molecule has 3 aromatic carbocycles. The lowest BCUT2D eigenvalue weighted by molar-refractivity contribution is -0.117. The van der Waals surface area contributed by atoms with Crippen LogP contribution in [-0.4, -0.2) is 42.8 Å². The second-order valence-corrected chi connectivity index (χ2v) is 8.64. The van der Waals surface area contributed by atoms with Gasteiger partial charge in [-0.05, 0) is 60.2 Å². The highest BCUT2D eigenvalue weighted by atomic mass is 16.5. The Balaban J connectivity index is 0.000000226. The summed E-state index contributed by atoms with van der Waals surface area (Å²) in [6.45, 7) is 5.18. The van der Waals surface area contributed by atoms with Gasteiger partial charge in [-0.15, -0.1) is 6.58 Å². The molecule has 210 valence electrons. The van der Waals surface area contributed by atoms with Crippen LogP contribution in [-0.2, 0) is 19.1 Å².